The van der Waals surface area contributed by atoms with Crippen LogP contribution in [0.4, 0.5) is 5.69 Å². The van der Waals surface area contributed by atoms with Crippen molar-refractivity contribution in [1.29, 1.82) is 0 Å². The average molecular weight is 288 g/mol. The van der Waals surface area contributed by atoms with Crippen molar-refractivity contribution in [3.05, 3.63) is 52.2 Å². The number of carbonyl (C=O) groups excluding carboxylic acids is 1. The summed E-state index contributed by atoms with van der Waals surface area (Å²) in [7, 11) is 0. The highest BCUT2D eigenvalue weighted by molar-refractivity contribution is 7.10. The molecule has 3 nitrogen and oxygen atoms in total. The lowest BCUT2D eigenvalue weighted by Gasteiger charge is -2.12. The molecule has 106 valence electrons. The third-order valence-electron chi connectivity index (χ3n) is 3.04. The summed E-state index contributed by atoms with van der Waals surface area (Å²) in [6.07, 6.45) is 1.08. The number of thiophene rings is 1. The number of rotatable bonds is 6. The second kappa shape index (κ2) is 7.10. The second-order valence-electron chi connectivity index (χ2n) is 4.71. The molecule has 0 fully saturated rings. The SMILES string of the molecule is CCCNc1ccc(C(=O)NC(C)c2cccs2)cc1. The Bertz CT molecular complexity index is 534. The van der Waals surface area contributed by atoms with Gasteiger partial charge in [-0.15, -0.1) is 11.3 Å². The first-order valence-corrected chi connectivity index (χ1v) is 7.77. The maximum atomic E-state index is 12.1. The van der Waals surface area contributed by atoms with Gasteiger partial charge < -0.3 is 10.6 Å². The number of hydrogen-bond acceptors (Lipinski definition) is 3. The third kappa shape index (κ3) is 3.84. The highest BCUT2D eigenvalue weighted by Crippen LogP contribution is 2.19. The molecule has 2 aromatic rings. The highest BCUT2D eigenvalue weighted by Gasteiger charge is 2.11. The summed E-state index contributed by atoms with van der Waals surface area (Å²) in [5.41, 5.74) is 1.74. The van der Waals surface area contributed by atoms with Gasteiger partial charge in [-0.25, -0.2) is 0 Å². The standard InChI is InChI=1S/C16H20N2OS/c1-3-10-17-14-8-6-13(7-9-14)16(19)18-12(2)15-5-4-11-20-15/h4-9,11-12,17H,3,10H2,1-2H3,(H,18,19). The Morgan fingerprint density at radius 3 is 2.60 bits per heavy atom. The summed E-state index contributed by atoms with van der Waals surface area (Å²) >= 11 is 1.66. The molecule has 0 saturated carbocycles. The van der Waals surface area contributed by atoms with E-state index in [-0.39, 0.29) is 11.9 Å². The molecule has 1 aromatic heterocycles. The van der Waals surface area contributed by atoms with Gasteiger partial charge in [-0.2, -0.15) is 0 Å². The van der Waals surface area contributed by atoms with E-state index in [2.05, 4.69) is 17.6 Å². The first-order valence-electron chi connectivity index (χ1n) is 6.89. The summed E-state index contributed by atoms with van der Waals surface area (Å²) in [4.78, 5) is 13.3. The Morgan fingerprint density at radius 2 is 2.00 bits per heavy atom. The van der Waals surface area contributed by atoms with Gasteiger partial charge in [0.2, 0.25) is 0 Å². The fraction of sp³-hybridized carbons (Fsp3) is 0.312. The third-order valence-corrected chi connectivity index (χ3v) is 4.10. The highest BCUT2D eigenvalue weighted by atomic mass is 32.1. The molecule has 1 unspecified atom stereocenters. The predicted molar refractivity (Wildman–Crippen MR) is 85.4 cm³/mol. The number of benzene rings is 1. The molecule has 2 rings (SSSR count). The molecule has 1 heterocycles. The molecule has 0 spiro atoms. The van der Waals surface area contributed by atoms with Crippen LogP contribution < -0.4 is 10.6 Å². The Morgan fingerprint density at radius 1 is 1.25 bits per heavy atom. The van der Waals surface area contributed by atoms with Crippen molar-refractivity contribution in [3.8, 4) is 0 Å². The zero-order valence-corrected chi connectivity index (χ0v) is 12.7. The van der Waals surface area contributed by atoms with Gasteiger partial charge in [0.15, 0.2) is 0 Å². The molecule has 1 amide bonds. The van der Waals surface area contributed by atoms with Crippen LogP contribution >= 0.6 is 11.3 Å². The van der Waals surface area contributed by atoms with Crippen LogP contribution in [0.1, 0.15) is 41.5 Å². The van der Waals surface area contributed by atoms with E-state index in [0.717, 1.165) is 18.7 Å². The van der Waals surface area contributed by atoms with Crippen LogP contribution in [-0.2, 0) is 0 Å². The topological polar surface area (TPSA) is 41.1 Å². The van der Waals surface area contributed by atoms with Crippen LogP contribution in [0.2, 0.25) is 0 Å². The van der Waals surface area contributed by atoms with Crippen molar-refractivity contribution in [2.45, 2.75) is 26.3 Å². The van der Waals surface area contributed by atoms with E-state index in [1.165, 1.54) is 4.88 Å². The minimum atomic E-state index is -0.0343. The van der Waals surface area contributed by atoms with Crippen LogP contribution in [0.15, 0.2) is 41.8 Å². The van der Waals surface area contributed by atoms with Gasteiger partial charge in [0.25, 0.3) is 5.91 Å². The molecular formula is C16H20N2OS. The molecule has 0 radical (unpaired) electrons. The molecule has 2 N–H and O–H groups in total. The van der Waals surface area contributed by atoms with Crippen LogP contribution in [0, 0.1) is 0 Å². The number of anilines is 1. The van der Waals surface area contributed by atoms with Gasteiger partial charge in [0.05, 0.1) is 6.04 Å². The summed E-state index contributed by atoms with van der Waals surface area (Å²) < 4.78 is 0. The van der Waals surface area contributed by atoms with Crippen LogP contribution in [0.3, 0.4) is 0 Å². The Labute approximate surface area is 124 Å². The molecule has 0 bridgehead atoms. The molecule has 1 atom stereocenters. The molecule has 20 heavy (non-hydrogen) atoms. The van der Waals surface area contributed by atoms with Gasteiger partial charge in [0, 0.05) is 22.7 Å². The minimum absolute atomic E-state index is 0.0343. The van der Waals surface area contributed by atoms with E-state index >= 15 is 0 Å². The monoisotopic (exact) mass is 288 g/mol. The van der Waals surface area contributed by atoms with Crippen molar-refractivity contribution < 1.29 is 4.79 Å². The van der Waals surface area contributed by atoms with E-state index in [4.69, 9.17) is 0 Å². The van der Waals surface area contributed by atoms with E-state index in [0.29, 0.717) is 5.56 Å². The lowest BCUT2D eigenvalue weighted by atomic mass is 10.1. The Hall–Kier alpha value is -1.81. The first kappa shape index (κ1) is 14.6. The molecule has 0 aliphatic carbocycles. The lowest BCUT2D eigenvalue weighted by Crippen LogP contribution is -2.26. The van der Waals surface area contributed by atoms with E-state index in [9.17, 15) is 4.79 Å². The summed E-state index contributed by atoms with van der Waals surface area (Å²) in [6, 6.07) is 11.7. The quantitative estimate of drug-likeness (QED) is 0.841. The van der Waals surface area contributed by atoms with Gasteiger partial charge in [-0.1, -0.05) is 13.0 Å². The summed E-state index contributed by atoms with van der Waals surface area (Å²) in [6.45, 7) is 5.07. The molecule has 4 heteroatoms. The van der Waals surface area contributed by atoms with Gasteiger partial charge >= 0.3 is 0 Å². The molecule has 0 aliphatic rings. The largest absolute Gasteiger partial charge is 0.385 e. The number of amides is 1. The van der Waals surface area contributed by atoms with Crippen molar-refractivity contribution >= 4 is 22.9 Å². The Kier molecular flexibility index (Phi) is 5.18. The zero-order valence-electron chi connectivity index (χ0n) is 11.8. The van der Waals surface area contributed by atoms with Crippen molar-refractivity contribution in [2.75, 3.05) is 11.9 Å². The fourth-order valence-electron chi connectivity index (χ4n) is 1.90. The van der Waals surface area contributed by atoms with Gasteiger partial charge in [0.1, 0.15) is 0 Å². The van der Waals surface area contributed by atoms with E-state index in [1.807, 2.05) is 48.7 Å². The number of nitrogens with one attached hydrogen (secondary N) is 2. The fourth-order valence-corrected chi connectivity index (χ4v) is 2.63. The van der Waals surface area contributed by atoms with Crippen LogP contribution in [0.5, 0.6) is 0 Å². The van der Waals surface area contributed by atoms with E-state index in [1.54, 1.807) is 11.3 Å². The molecule has 1 aromatic carbocycles. The minimum Gasteiger partial charge on any atom is -0.385 e. The lowest BCUT2D eigenvalue weighted by molar-refractivity contribution is 0.0940. The molecule has 0 aliphatic heterocycles. The molecular weight excluding hydrogens is 268 g/mol. The van der Waals surface area contributed by atoms with Gasteiger partial charge in [-0.3, -0.25) is 4.79 Å². The normalized spacial score (nSPS) is 11.9. The van der Waals surface area contributed by atoms with Crippen molar-refractivity contribution in [1.82, 2.24) is 5.32 Å². The maximum absolute atomic E-state index is 12.1. The van der Waals surface area contributed by atoms with Crippen molar-refractivity contribution in [3.63, 3.8) is 0 Å². The number of carbonyl (C=O) groups is 1. The van der Waals surface area contributed by atoms with Crippen LogP contribution in [-0.4, -0.2) is 12.5 Å². The van der Waals surface area contributed by atoms with Gasteiger partial charge in [-0.05, 0) is 49.1 Å². The first-order chi connectivity index (χ1) is 9.70. The Balaban J connectivity index is 1.95. The zero-order chi connectivity index (χ0) is 14.4. The van der Waals surface area contributed by atoms with Crippen LogP contribution in [0.25, 0.3) is 0 Å². The van der Waals surface area contributed by atoms with Crippen molar-refractivity contribution in [2.24, 2.45) is 0 Å². The average Bonchev–Trinajstić information content (AvgIpc) is 3.00. The van der Waals surface area contributed by atoms with E-state index < -0.39 is 0 Å². The smallest absolute Gasteiger partial charge is 0.251 e. The summed E-state index contributed by atoms with van der Waals surface area (Å²) in [5.74, 6) is -0.0343. The molecule has 0 saturated heterocycles. The number of hydrogen-bond donors (Lipinski definition) is 2. The second-order valence-corrected chi connectivity index (χ2v) is 5.69. The predicted octanol–water partition coefficient (Wildman–Crippen LogP) is 4.06. The summed E-state index contributed by atoms with van der Waals surface area (Å²) in [5, 5.41) is 8.33. The maximum Gasteiger partial charge on any atom is 0.251 e.